The molecule has 670 valence electrons. The normalized spacial score (nSPS) is 35.4. The molecule has 12 unspecified atom stereocenters. The number of rotatable bonds is 19. The molecule has 0 bridgehead atoms. The fourth-order valence-electron chi connectivity index (χ4n) is 32.4. The Hall–Kier alpha value is -5.98. The maximum atomic E-state index is 3.26. The zero-order chi connectivity index (χ0) is 82.9. The van der Waals surface area contributed by atoms with E-state index in [1.54, 1.807) is 125 Å². The summed E-state index contributed by atoms with van der Waals surface area (Å²) in [5, 5.41) is 0. The molecule has 0 aromatic rings. The Morgan fingerprint density at radius 3 is 0.829 bits per heavy atom. The molecule has 10 fully saturated rings. The van der Waals surface area contributed by atoms with Crippen LogP contribution in [0.4, 0.5) is 0 Å². The molecule has 0 aliphatic carbocycles. The number of nitrogens with zero attached hydrogens (tertiary/aromatic N) is 22. The molecule has 24 heterocycles. The SMILES string of the molecule is CCN1CCC(N2CCCC2)C2=C1N(CC)C1=C(C2N2CCCC2)C(N2CCCC2)C2=C(N1CC)N(CC)C1=C(C2N2CCCC2)C(N2CCCC2)C2=C(N1CC)N(CC)C1=C(C(N3CCCC3)C3=C(N1CC)N(CC)C1(CC3N3CCCC3)CC3C4=C(N(CC)C5=C6C(CCN5CC)N5CCCC7=C5N(C5=C(CCCN53)C7)C64)N1CC)C2N1CCCC1. The minimum atomic E-state index is -0.320. The van der Waals surface area contributed by atoms with Crippen molar-refractivity contribution in [3.05, 3.63) is 125 Å². The van der Waals surface area contributed by atoms with Crippen LogP contribution >= 0.6 is 0 Å². The average molecular weight is 1680 g/mol. The molecule has 0 amide bonds. The lowest BCUT2D eigenvalue weighted by atomic mass is 9.67. The van der Waals surface area contributed by atoms with Gasteiger partial charge in [-0.05, 0) is 340 Å². The zero-order valence-electron chi connectivity index (χ0n) is 78.3. The Labute approximate surface area is 740 Å². The summed E-state index contributed by atoms with van der Waals surface area (Å²) in [7, 11) is 0. The van der Waals surface area contributed by atoms with Crippen molar-refractivity contribution in [3.8, 4) is 0 Å². The summed E-state index contributed by atoms with van der Waals surface area (Å²) in [4.78, 5) is 68.5. The Bertz CT molecular complexity index is 4540. The van der Waals surface area contributed by atoms with Crippen molar-refractivity contribution < 1.29 is 0 Å². The quantitative estimate of drug-likeness (QED) is 0.123. The summed E-state index contributed by atoms with van der Waals surface area (Å²) >= 11 is 0. The minimum Gasteiger partial charge on any atom is -0.358 e. The third kappa shape index (κ3) is 11.1. The van der Waals surface area contributed by atoms with E-state index in [-0.39, 0.29) is 54.0 Å². The van der Waals surface area contributed by atoms with Gasteiger partial charge in [0.1, 0.15) is 69.7 Å². The first kappa shape index (κ1) is 80.3. The lowest BCUT2D eigenvalue weighted by Crippen LogP contribution is -2.77. The van der Waals surface area contributed by atoms with E-state index in [9.17, 15) is 0 Å². The first-order valence-electron chi connectivity index (χ1n) is 52.5. The number of likely N-dealkylation sites (tertiary alicyclic amines) is 8. The van der Waals surface area contributed by atoms with Crippen molar-refractivity contribution in [2.45, 2.75) is 309 Å². The molecule has 24 rings (SSSR count). The van der Waals surface area contributed by atoms with Crippen molar-refractivity contribution in [2.75, 3.05) is 203 Å². The topological polar surface area (TPSA) is 71.3 Å². The second-order valence-corrected chi connectivity index (χ2v) is 41.7. The number of allylic oxidation sites excluding steroid dienone is 2. The molecule has 1 spiro atoms. The van der Waals surface area contributed by atoms with Crippen LogP contribution in [0.1, 0.15) is 237 Å². The van der Waals surface area contributed by atoms with Gasteiger partial charge in [-0.2, -0.15) is 0 Å². The van der Waals surface area contributed by atoms with Crippen LogP contribution in [0.15, 0.2) is 125 Å². The van der Waals surface area contributed by atoms with Crippen LogP contribution in [-0.2, 0) is 0 Å². The van der Waals surface area contributed by atoms with Crippen LogP contribution < -0.4 is 0 Å². The fraction of sp³-hybridized carbons (Fsp3) is 0.782. The van der Waals surface area contributed by atoms with E-state index >= 15 is 0 Å². The molecule has 0 radical (unpaired) electrons. The molecule has 12 atom stereocenters. The van der Waals surface area contributed by atoms with Gasteiger partial charge in [0.2, 0.25) is 0 Å². The fourth-order valence-corrected chi connectivity index (χ4v) is 32.4. The van der Waals surface area contributed by atoms with Gasteiger partial charge in [-0.1, -0.05) is 0 Å². The van der Waals surface area contributed by atoms with Gasteiger partial charge in [0.25, 0.3) is 0 Å². The van der Waals surface area contributed by atoms with E-state index in [2.05, 4.69) is 184 Å². The highest BCUT2D eigenvalue weighted by atomic mass is 15.6. The molecule has 24 aliphatic heterocycles. The molecular weight excluding hydrogens is 1520 g/mol. The maximum absolute atomic E-state index is 3.26. The lowest BCUT2D eigenvalue weighted by molar-refractivity contribution is -0.120. The van der Waals surface area contributed by atoms with Gasteiger partial charge in [0.15, 0.2) is 0 Å². The molecule has 22 nitrogen and oxygen atoms in total. The van der Waals surface area contributed by atoms with E-state index in [1.807, 2.05) is 0 Å². The van der Waals surface area contributed by atoms with E-state index in [1.165, 1.54) is 246 Å². The highest BCUT2D eigenvalue weighted by Crippen LogP contribution is 2.66. The third-order valence-electron chi connectivity index (χ3n) is 36.6. The summed E-state index contributed by atoms with van der Waals surface area (Å²) in [6.45, 7) is 62.8. The van der Waals surface area contributed by atoms with Crippen LogP contribution in [0.2, 0.25) is 0 Å². The van der Waals surface area contributed by atoms with Gasteiger partial charge in [-0.3, -0.25) is 39.2 Å². The van der Waals surface area contributed by atoms with Crippen molar-refractivity contribution in [2.24, 2.45) is 0 Å². The van der Waals surface area contributed by atoms with E-state index < -0.39 is 0 Å². The summed E-state index contributed by atoms with van der Waals surface area (Å²) in [5.74, 6) is 17.5. The maximum Gasteiger partial charge on any atom is 0.119 e. The Balaban J connectivity index is 0.720. The van der Waals surface area contributed by atoms with E-state index in [4.69, 9.17) is 0 Å². The Kier molecular flexibility index (Phi) is 20.5. The highest BCUT2D eigenvalue weighted by Gasteiger charge is 2.70. The Morgan fingerprint density at radius 1 is 0.220 bits per heavy atom. The average Bonchev–Trinajstić information content (AvgIpc) is 1.54. The van der Waals surface area contributed by atoms with Gasteiger partial charge < -0.3 is 68.6 Å². The van der Waals surface area contributed by atoms with Gasteiger partial charge in [0, 0.05) is 173 Å². The predicted octanol–water partition coefficient (Wildman–Crippen LogP) is 12.0. The largest absolute Gasteiger partial charge is 0.358 e. The minimum absolute atomic E-state index is 0.138. The summed E-state index contributed by atoms with van der Waals surface area (Å²) in [6, 6.07) is 2.84. The van der Waals surface area contributed by atoms with Crippen molar-refractivity contribution in [1.82, 2.24) is 108 Å². The molecule has 0 saturated carbocycles. The molecule has 0 aromatic heterocycles. The molecule has 10 saturated heterocycles. The van der Waals surface area contributed by atoms with Gasteiger partial charge >= 0.3 is 0 Å². The van der Waals surface area contributed by atoms with Crippen LogP contribution in [0.3, 0.4) is 0 Å². The van der Waals surface area contributed by atoms with Crippen LogP contribution in [-0.4, -0.2) is 383 Å². The molecular formula is C101H156N22. The summed E-state index contributed by atoms with van der Waals surface area (Å²) in [5.41, 5.74) is 19.3. The van der Waals surface area contributed by atoms with Gasteiger partial charge in [-0.25, -0.2) is 0 Å². The predicted molar refractivity (Wildman–Crippen MR) is 491 cm³/mol. The molecule has 24 aliphatic rings. The molecule has 0 aromatic carbocycles. The second kappa shape index (κ2) is 31.4. The second-order valence-electron chi connectivity index (χ2n) is 41.7. The lowest BCUT2D eigenvalue weighted by Gasteiger charge is -2.71. The highest BCUT2D eigenvalue weighted by molar-refractivity contribution is 5.65. The van der Waals surface area contributed by atoms with Crippen molar-refractivity contribution in [3.63, 3.8) is 0 Å². The summed E-state index contributed by atoms with van der Waals surface area (Å²) < 4.78 is 0. The standard InChI is InChI=1S/C101H156N22/c1-12-102-63-43-70(104-45-23-24-46-104)74-83(106-49-27-28-50-106)78-85(108-53-31-32-54-108)80-87(110-57-35-36-58-110)82-88(111-59-37-38-60-111)81-86(109-55-33-34-56-109)79-84(107-51-29-30-52-107)76-72(105-47-25-26-48-105)66-101(121(21-10)99(76)118(20-9)98(79)117(19-8)97(81)116(18-7)96(82)115(17-6)95(80)114(16-5)94(78)112(14-3)92(74)102)67-73-77-89-75-71(44-64-103(13-2)93(75)113(15-4)100(77)122(101)22-11)119-61-39-41-68-65-69-42-40-62-120(73)91(69)123(89)90(68)119/h70-73,83-89H,12-67H2,1-11H3. The van der Waals surface area contributed by atoms with Crippen molar-refractivity contribution in [1.29, 1.82) is 0 Å². The third-order valence-corrected chi connectivity index (χ3v) is 36.6. The smallest absolute Gasteiger partial charge is 0.119 e. The van der Waals surface area contributed by atoms with Crippen LogP contribution in [0.5, 0.6) is 0 Å². The molecule has 22 heteroatoms. The number of hydrogen-bond donors (Lipinski definition) is 0. The van der Waals surface area contributed by atoms with E-state index in [0.717, 1.165) is 118 Å². The van der Waals surface area contributed by atoms with Gasteiger partial charge in [0.05, 0.1) is 54.4 Å². The van der Waals surface area contributed by atoms with Crippen molar-refractivity contribution >= 4 is 0 Å². The van der Waals surface area contributed by atoms with Crippen LogP contribution in [0.25, 0.3) is 0 Å². The monoisotopic (exact) mass is 1680 g/mol. The Morgan fingerprint density at radius 2 is 0.488 bits per heavy atom. The van der Waals surface area contributed by atoms with E-state index in [0.29, 0.717) is 18.1 Å². The first-order valence-corrected chi connectivity index (χ1v) is 52.5. The van der Waals surface area contributed by atoms with Crippen LogP contribution in [0, 0.1) is 0 Å². The zero-order valence-corrected chi connectivity index (χ0v) is 78.3. The number of fused-ring (bicyclic) bond motifs is 2. The first-order chi connectivity index (χ1) is 60.7. The number of hydrogen-bond acceptors (Lipinski definition) is 22. The van der Waals surface area contributed by atoms with Gasteiger partial charge in [-0.15, -0.1) is 0 Å². The summed E-state index contributed by atoms with van der Waals surface area (Å²) in [6.07, 6.45) is 31.7. The molecule has 0 N–H and O–H groups in total. The molecule has 123 heavy (non-hydrogen) atoms.